The molecule has 3 nitrogen and oxygen atoms in total. The van der Waals surface area contributed by atoms with E-state index in [0.717, 1.165) is 26.1 Å². The van der Waals surface area contributed by atoms with Gasteiger partial charge in [-0.2, -0.15) is 13.2 Å². The van der Waals surface area contributed by atoms with Crippen molar-refractivity contribution in [3.05, 3.63) is 0 Å². The zero-order valence-electron chi connectivity index (χ0n) is 10.2. The van der Waals surface area contributed by atoms with Crippen molar-refractivity contribution in [3.8, 4) is 0 Å². The van der Waals surface area contributed by atoms with Gasteiger partial charge in [-0.1, -0.05) is 0 Å². The van der Waals surface area contributed by atoms with E-state index in [4.69, 9.17) is 5.73 Å². The molecule has 102 valence electrons. The molecular formula is C11H21F3N2O. The SMILES string of the molecule is CC(N)C1CCN(CCCOCC(F)(F)F)C1. The molecule has 1 fully saturated rings. The topological polar surface area (TPSA) is 38.5 Å². The van der Waals surface area contributed by atoms with Crippen molar-refractivity contribution in [3.63, 3.8) is 0 Å². The van der Waals surface area contributed by atoms with Crippen LogP contribution < -0.4 is 5.73 Å². The van der Waals surface area contributed by atoms with Crippen LogP contribution in [0.1, 0.15) is 19.8 Å². The summed E-state index contributed by atoms with van der Waals surface area (Å²) in [7, 11) is 0. The molecule has 1 heterocycles. The Labute approximate surface area is 100 Å². The lowest BCUT2D eigenvalue weighted by Gasteiger charge is -2.17. The summed E-state index contributed by atoms with van der Waals surface area (Å²) in [5.41, 5.74) is 5.81. The van der Waals surface area contributed by atoms with Gasteiger partial charge in [-0.3, -0.25) is 0 Å². The Morgan fingerprint density at radius 3 is 2.71 bits per heavy atom. The van der Waals surface area contributed by atoms with Gasteiger partial charge in [-0.25, -0.2) is 0 Å². The number of likely N-dealkylation sites (tertiary alicyclic amines) is 1. The Morgan fingerprint density at radius 1 is 1.47 bits per heavy atom. The van der Waals surface area contributed by atoms with E-state index in [1.165, 1.54) is 0 Å². The van der Waals surface area contributed by atoms with Crippen LogP contribution in [-0.4, -0.2) is 50.0 Å². The molecule has 1 rings (SSSR count). The molecule has 17 heavy (non-hydrogen) atoms. The van der Waals surface area contributed by atoms with E-state index >= 15 is 0 Å². The summed E-state index contributed by atoms with van der Waals surface area (Å²) in [6.07, 6.45) is -2.49. The number of rotatable bonds is 6. The first-order chi connectivity index (χ1) is 7.88. The van der Waals surface area contributed by atoms with Gasteiger partial charge >= 0.3 is 6.18 Å². The predicted molar refractivity (Wildman–Crippen MR) is 59.7 cm³/mol. The summed E-state index contributed by atoms with van der Waals surface area (Å²) >= 11 is 0. The van der Waals surface area contributed by atoms with Gasteiger partial charge < -0.3 is 15.4 Å². The first-order valence-electron chi connectivity index (χ1n) is 6.01. The van der Waals surface area contributed by atoms with Crippen LogP contribution >= 0.6 is 0 Å². The highest BCUT2D eigenvalue weighted by atomic mass is 19.4. The fraction of sp³-hybridized carbons (Fsp3) is 1.00. The molecule has 0 spiro atoms. The lowest BCUT2D eigenvalue weighted by molar-refractivity contribution is -0.174. The van der Waals surface area contributed by atoms with E-state index in [1.807, 2.05) is 6.92 Å². The quantitative estimate of drug-likeness (QED) is 0.732. The maximum Gasteiger partial charge on any atom is 0.411 e. The molecule has 6 heteroatoms. The average Bonchev–Trinajstić information content (AvgIpc) is 2.64. The highest BCUT2D eigenvalue weighted by molar-refractivity contribution is 4.80. The van der Waals surface area contributed by atoms with E-state index in [9.17, 15) is 13.2 Å². The average molecular weight is 254 g/mol. The molecule has 0 saturated carbocycles. The van der Waals surface area contributed by atoms with Crippen LogP contribution in [-0.2, 0) is 4.74 Å². The smallest absolute Gasteiger partial charge is 0.372 e. The second-order valence-electron chi connectivity index (χ2n) is 4.73. The van der Waals surface area contributed by atoms with Crippen LogP contribution in [0.5, 0.6) is 0 Å². The molecule has 0 amide bonds. The second kappa shape index (κ2) is 6.56. The molecule has 1 aliphatic heterocycles. The second-order valence-corrected chi connectivity index (χ2v) is 4.73. The molecule has 0 aliphatic carbocycles. The number of hydrogen-bond donors (Lipinski definition) is 1. The minimum atomic E-state index is -4.21. The molecule has 0 radical (unpaired) electrons. The summed E-state index contributed by atoms with van der Waals surface area (Å²) in [5, 5.41) is 0. The maximum absolute atomic E-state index is 11.8. The summed E-state index contributed by atoms with van der Waals surface area (Å²) in [6.45, 7) is 3.76. The van der Waals surface area contributed by atoms with Crippen molar-refractivity contribution in [2.45, 2.75) is 32.0 Å². The Balaban J connectivity index is 2.01. The number of alkyl halides is 3. The number of nitrogens with two attached hydrogens (primary N) is 1. The van der Waals surface area contributed by atoms with Crippen LogP contribution in [0.2, 0.25) is 0 Å². The van der Waals surface area contributed by atoms with Crippen LogP contribution in [0.25, 0.3) is 0 Å². The molecule has 0 bridgehead atoms. The summed E-state index contributed by atoms with van der Waals surface area (Å²) in [5.74, 6) is 0.520. The van der Waals surface area contributed by atoms with E-state index < -0.39 is 12.8 Å². The Bertz CT molecular complexity index is 221. The third-order valence-corrected chi connectivity index (χ3v) is 3.08. The predicted octanol–water partition coefficient (Wildman–Crippen LogP) is 1.62. The van der Waals surface area contributed by atoms with E-state index in [2.05, 4.69) is 9.64 Å². The monoisotopic (exact) mass is 254 g/mol. The first-order valence-corrected chi connectivity index (χ1v) is 6.01. The van der Waals surface area contributed by atoms with Crippen LogP contribution in [0, 0.1) is 5.92 Å². The van der Waals surface area contributed by atoms with Gasteiger partial charge in [0.1, 0.15) is 6.61 Å². The molecule has 0 aromatic heterocycles. The zero-order valence-corrected chi connectivity index (χ0v) is 10.2. The first kappa shape index (κ1) is 14.7. The molecule has 2 atom stereocenters. The fourth-order valence-corrected chi connectivity index (χ4v) is 2.07. The lowest BCUT2D eigenvalue weighted by Crippen LogP contribution is -2.30. The standard InChI is InChI=1S/C11H21F3N2O/c1-9(15)10-3-5-16(7-10)4-2-6-17-8-11(12,13)14/h9-10H,2-8,15H2,1H3. The highest BCUT2D eigenvalue weighted by Crippen LogP contribution is 2.18. The minimum absolute atomic E-state index is 0.166. The molecule has 2 unspecified atom stereocenters. The molecule has 1 saturated heterocycles. The van der Waals surface area contributed by atoms with E-state index in [-0.39, 0.29) is 12.6 Å². The Kier molecular flexibility index (Phi) is 5.69. The maximum atomic E-state index is 11.8. The summed E-state index contributed by atoms with van der Waals surface area (Å²) in [4.78, 5) is 2.24. The number of halogens is 3. The van der Waals surface area contributed by atoms with Crippen molar-refractivity contribution in [1.29, 1.82) is 0 Å². The largest absolute Gasteiger partial charge is 0.411 e. The number of hydrogen-bond acceptors (Lipinski definition) is 3. The summed E-state index contributed by atoms with van der Waals surface area (Å²) < 4.78 is 39.9. The highest BCUT2D eigenvalue weighted by Gasteiger charge is 2.27. The van der Waals surface area contributed by atoms with Gasteiger partial charge in [0.25, 0.3) is 0 Å². The van der Waals surface area contributed by atoms with Crippen molar-refractivity contribution >= 4 is 0 Å². The Hall–Kier alpha value is -0.330. The van der Waals surface area contributed by atoms with Crippen molar-refractivity contribution in [2.24, 2.45) is 11.7 Å². The van der Waals surface area contributed by atoms with E-state index in [0.29, 0.717) is 12.3 Å². The van der Waals surface area contributed by atoms with Gasteiger partial charge in [0.15, 0.2) is 0 Å². The Morgan fingerprint density at radius 2 is 2.18 bits per heavy atom. The van der Waals surface area contributed by atoms with Gasteiger partial charge in [0, 0.05) is 25.7 Å². The zero-order chi connectivity index (χ0) is 12.9. The normalized spacial score (nSPS) is 24.2. The van der Waals surface area contributed by atoms with Crippen molar-refractivity contribution < 1.29 is 17.9 Å². The van der Waals surface area contributed by atoms with Crippen LogP contribution in [0.15, 0.2) is 0 Å². The van der Waals surface area contributed by atoms with Gasteiger partial charge in [0.2, 0.25) is 0 Å². The third-order valence-electron chi connectivity index (χ3n) is 3.08. The fourth-order valence-electron chi connectivity index (χ4n) is 2.07. The molecule has 0 aromatic carbocycles. The molecule has 0 aromatic rings. The van der Waals surface area contributed by atoms with Crippen molar-refractivity contribution in [2.75, 3.05) is 32.8 Å². The number of nitrogens with zero attached hydrogens (tertiary/aromatic N) is 1. The van der Waals surface area contributed by atoms with Gasteiger partial charge in [0.05, 0.1) is 0 Å². The van der Waals surface area contributed by atoms with Crippen molar-refractivity contribution in [1.82, 2.24) is 4.90 Å². The summed E-state index contributed by atoms with van der Waals surface area (Å²) in [6, 6.07) is 0.196. The number of ether oxygens (including phenoxy) is 1. The molecule has 1 aliphatic rings. The lowest BCUT2D eigenvalue weighted by atomic mass is 10.0. The van der Waals surface area contributed by atoms with Crippen LogP contribution in [0.3, 0.4) is 0 Å². The third kappa shape index (κ3) is 6.24. The molecule has 2 N–H and O–H groups in total. The van der Waals surface area contributed by atoms with Gasteiger partial charge in [-0.15, -0.1) is 0 Å². The van der Waals surface area contributed by atoms with Crippen LogP contribution in [0.4, 0.5) is 13.2 Å². The van der Waals surface area contributed by atoms with E-state index in [1.54, 1.807) is 0 Å². The minimum Gasteiger partial charge on any atom is -0.372 e. The van der Waals surface area contributed by atoms with Gasteiger partial charge in [-0.05, 0) is 32.2 Å². The molecular weight excluding hydrogens is 233 g/mol.